The van der Waals surface area contributed by atoms with Gasteiger partial charge >= 0.3 is 0 Å². The van der Waals surface area contributed by atoms with Crippen molar-refractivity contribution < 1.29 is 8.42 Å². The molecule has 0 amide bonds. The van der Waals surface area contributed by atoms with Crippen LogP contribution in [0.4, 0.5) is 5.13 Å². The van der Waals surface area contributed by atoms with Crippen LogP contribution in [-0.4, -0.2) is 13.4 Å². The van der Waals surface area contributed by atoms with E-state index in [-0.39, 0.29) is 4.90 Å². The Kier molecular flexibility index (Phi) is 5.79. The van der Waals surface area contributed by atoms with Gasteiger partial charge in [0.2, 0.25) is 0 Å². The van der Waals surface area contributed by atoms with Crippen molar-refractivity contribution in [3.05, 3.63) is 63.9 Å². The lowest BCUT2D eigenvalue weighted by Gasteiger charge is -2.06. The molecule has 0 fully saturated rings. The second kappa shape index (κ2) is 7.90. The van der Waals surface area contributed by atoms with Crippen LogP contribution in [0.3, 0.4) is 0 Å². The summed E-state index contributed by atoms with van der Waals surface area (Å²) >= 11 is 4.57. The number of nitrogens with zero attached hydrogens (tertiary/aromatic N) is 1. The zero-order valence-corrected chi connectivity index (χ0v) is 17.7. The Balaban J connectivity index is 1.76. The molecule has 0 radical (unpaired) electrons. The van der Waals surface area contributed by atoms with Gasteiger partial charge in [-0.15, -0.1) is 11.3 Å². The molecule has 0 aliphatic rings. The molecule has 136 valence electrons. The number of halogens is 1. The molecule has 26 heavy (non-hydrogen) atoms. The quantitative estimate of drug-likeness (QED) is 0.533. The van der Waals surface area contributed by atoms with Crippen molar-refractivity contribution >= 4 is 42.4 Å². The van der Waals surface area contributed by atoms with Crippen molar-refractivity contribution in [2.24, 2.45) is 5.92 Å². The lowest BCUT2D eigenvalue weighted by Crippen LogP contribution is -2.12. The molecule has 0 atom stereocenters. The molecule has 0 aliphatic carbocycles. The van der Waals surface area contributed by atoms with E-state index in [0.717, 1.165) is 22.2 Å². The Hall–Kier alpha value is -1.70. The average molecular weight is 451 g/mol. The van der Waals surface area contributed by atoms with Crippen molar-refractivity contribution in [1.82, 2.24) is 4.98 Å². The maximum absolute atomic E-state index is 12.4. The van der Waals surface area contributed by atoms with Crippen LogP contribution in [0.1, 0.15) is 19.4 Å². The number of aromatic nitrogens is 1. The minimum Gasteiger partial charge on any atom is -0.255 e. The van der Waals surface area contributed by atoms with Gasteiger partial charge < -0.3 is 0 Å². The van der Waals surface area contributed by atoms with Crippen LogP contribution in [0.5, 0.6) is 0 Å². The fourth-order valence-corrected chi connectivity index (χ4v) is 4.76. The summed E-state index contributed by atoms with van der Waals surface area (Å²) in [5.41, 5.74) is 3.03. The highest BCUT2D eigenvalue weighted by Crippen LogP contribution is 2.27. The van der Waals surface area contributed by atoms with Crippen molar-refractivity contribution in [1.29, 1.82) is 0 Å². The Morgan fingerprint density at radius 1 is 1.08 bits per heavy atom. The molecular formula is C19H19BrN2O2S2. The average Bonchev–Trinajstić information content (AvgIpc) is 3.03. The van der Waals surface area contributed by atoms with E-state index in [1.54, 1.807) is 24.3 Å². The molecule has 3 rings (SSSR count). The van der Waals surface area contributed by atoms with Crippen LogP contribution < -0.4 is 4.72 Å². The molecule has 7 heteroatoms. The number of nitrogens with one attached hydrogen (secondary N) is 1. The lowest BCUT2D eigenvalue weighted by molar-refractivity contribution is 0.601. The minimum absolute atomic E-state index is 0.204. The first-order valence-electron chi connectivity index (χ1n) is 8.17. The smallest absolute Gasteiger partial charge is 0.255 e. The number of rotatable bonds is 6. The molecule has 1 aromatic heterocycles. The summed E-state index contributed by atoms with van der Waals surface area (Å²) in [6.07, 6.45) is 1.04. The van der Waals surface area contributed by atoms with E-state index in [4.69, 9.17) is 0 Å². The van der Waals surface area contributed by atoms with Gasteiger partial charge in [0.25, 0.3) is 10.0 Å². The fourth-order valence-electron chi connectivity index (χ4n) is 2.52. The first kappa shape index (κ1) is 19.1. The van der Waals surface area contributed by atoms with Crippen LogP contribution >= 0.6 is 27.3 Å². The summed E-state index contributed by atoms with van der Waals surface area (Å²) in [4.78, 5) is 4.62. The third-order valence-electron chi connectivity index (χ3n) is 3.74. The standard InChI is InChI=1S/C19H19BrN2O2S2/c1-13(2)11-14-3-5-15(6-4-14)18-12-25-19(21-18)22-26(23,24)17-9-7-16(20)8-10-17/h3-10,12-13H,11H2,1-2H3,(H,21,22). The topological polar surface area (TPSA) is 59.1 Å². The monoisotopic (exact) mass is 450 g/mol. The van der Waals surface area contributed by atoms with Gasteiger partial charge in [-0.25, -0.2) is 13.4 Å². The van der Waals surface area contributed by atoms with E-state index in [1.165, 1.54) is 16.9 Å². The predicted octanol–water partition coefficient (Wildman–Crippen LogP) is 5.57. The van der Waals surface area contributed by atoms with E-state index in [1.807, 2.05) is 17.5 Å². The van der Waals surface area contributed by atoms with Crippen LogP contribution in [-0.2, 0) is 16.4 Å². The predicted molar refractivity (Wildman–Crippen MR) is 111 cm³/mol. The van der Waals surface area contributed by atoms with Gasteiger partial charge in [0, 0.05) is 15.4 Å². The zero-order chi connectivity index (χ0) is 18.7. The van der Waals surface area contributed by atoms with E-state index < -0.39 is 10.0 Å². The molecule has 1 N–H and O–H groups in total. The molecule has 3 aromatic rings. The van der Waals surface area contributed by atoms with Gasteiger partial charge in [0.1, 0.15) is 0 Å². The highest BCUT2D eigenvalue weighted by Gasteiger charge is 2.16. The van der Waals surface area contributed by atoms with E-state index in [0.29, 0.717) is 11.0 Å². The van der Waals surface area contributed by atoms with Crippen LogP contribution in [0.15, 0.2) is 63.3 Å². The largest absolute Gasteiger partial charge is 0.263 e. The summed E-state index contributed by atoms with van der Waals surface area (Å²) in [6.45, 7) is 4.39. The summed E-state index contributed by atoms with van der Waals surface area (Å²) in [7, 11) is -3.64. The summed E-state index contributed by atoms with van der Waals surface area (Å²) in [6, 6.07) is 14.7. The number of hydrogen-bond donors (Lipinski definition) is 1. The highest BCUT2D eigenvalue weighted by molar-refractivity contribution is 9.10. The van der Waals surface area contributed by atoms with Crippen molar-refractivity contribution in [3.63, 3.8) is 0 Å². The maximum Gasteiger partial charge on any atom is 0.263 e. The molecule has 0 saturated carbocycles. The van der Waals surface area contributed by atoms with Crippen LogP contribution in [0, 0.1) is 5.92 Å². The second-order valence-corrected chi connectivity index (χ2v) is 9.85. The van der Waals surface area contributed by atoms with E-state index >= 15 is 0 Å². The molecule has 2 aromatic carbocycles. The molecular weight excluding hydrogens is 432 g/mol. The molecule has 4 nitrogen and oxygen atoms in total. The number of benzene rings is 2. The van der Waals surface area contributed by atoms with E-state index in [9.17, 15) is 8.42 Å². The molecule has 0 aliphatic heterocycles. The Morgan fingerprint density at radius 3 is 2.35 bits per heavy atom. The third-order valence-corrected chi connectivity index (χ3v) is 6.51. The first-order chi connectivity index (χ1) is 12.3. The number of sulfonamides is 1. The summed E-state index contributed by atoms with van der Waals surface area (Å²) < 4.78 is 28.3. The maximum atomic E-state index is 12.4. The van der Waals surface area contributed by atoms with Gasteiger partial charge in [-0.1, -0.05) is 54.0 Å². The number of hydrogen-bond acceptors (Lipinski definition) is 4. The molecule has 0 spiro atoms. The highest BCUT2D eigenvalue weighted by atomic mass is 79.9. The SMILES string of the molecule is CC(C)Cc1ccc(-c2csc(NS(=O)(=O)c3ccc(Br)cc3)n2)cc1. The molecule has 1 heterocycles. The van der Waals surface area contributed by atoms with Crippen LogP contribution in [0.2, 0.25) is 0 Å². The van der Waals surface area contributed by atoms with Crippen molar-refractivity contribution in [2.45, 2.75) is 25.2 Å². The summed E-state index contributed by atoms with van der Waals surface area (Å²) in [5.74, 6) is 0.611. The lowest BCUT2D eigenvalue weighted by atomic mass is 10.0. The fraction of sp³-hybridized carbons (Fsp3) is 0.211. The third kappa shape index (κ3) is 4.72. The van der Waals surface area contributed by atoms with Gasteiger partial charge in [0.05, 0.1) is 10.6 Å². The first-order valence-corrected chi connectivity index (χ1v) is 11.3. The Labute approximate surface area is 166 Å². The minimum atomic E-state index is -3.64. The number of anilines is 1. The van der Waals surface area contributed by atoms with E-state index in [2.05, 4.69) is 51.6 Å². The van der Waals surface area contributed by atoms with Gasteiger partial charge in [0.15, 0.2) is 5.13 Å². The Morgan fingerprint density at radius 2 is 1.73 bits per heavy atom. The zero-order valence-electron chi connectivity index (χ0n) is 14.4. The molecule has 0 bridgehead atoms. The van der Waals surface area contributed by atoms with Crippen molar-refractivity contribution in [3.8, 4) is 11.3 Å². The molecule has 0 saturated heterocycles. The van der Waals surface area contributed by atoms with Gasteiger partial charge in [-0.2, -0.15) is 0 Å². The molecule has 0 unspecified atom stereocenters. The van der Waals surface area contributed by atoms with Gasteiger partial charge in [-0.05, 0) is 42.2 Å². The summed E-state index contributed by atoms with van der Waals surface area (Å²) in [5, 5.41) is 2.21. The van der Waals surface area contributed by atoms with Gasteiger partial charge in [-0.3, -0.25) is 4.72 Å². The number of thiazole rings is 1. The Bertz CT molecular complexity index is 979. The van der Waals surface area contributed by atoms with Crippen molar-refractivity contribution in [2.75, 3.05) is 4.72 Å². The van der Waals surface area contributed by atoms with Crippen LogP contribution in [0.25, 0.3) is 11.3 Å². The second-order valence-electron chi connectivity index (χ2n) is 6.39. The normalized spacial score (nSPS) is 11.7.